The maximum Gasteiger partial charge on any atom is 0.416 e. The number of alkyl halides is 3. The fourth-order valence-electron chi connectivity index (χ4n) is 2.10. The molecule has 27 heavy (non-hydrogen) atoms. The molecule has 0 fully saturated rings. The van der Waals surface area contributed by atoms with Crippen LogP contribution in [0.15, 0.2) is 18.2 Å². The molecule has 2 aromatic rings. The van der Waals surface area contributed by atoms with E-state index in [-0.39, 0.29) is 11.7 Å². The molecule has 1 aromatic carbocycles. The molecule has 2 amide bonds. The molecule has 0 saturated heterocycles. The number of hydrogen-bond donors (Lipinski definition) is 2. The SMILES string of the molecule is CCN(C[C@@H](O)C(F)(F)F)C(=O)Nc1nnc(Cc2cc(Cl)cc(Cl)c2)s1. The molecule has 0 spiro atoms. The van der Waals surface area contributed by atoms with E-state index in [1.54, 1.807) is 18.2 Å². The molecule has 0 radical (unpaired) electrons. The van der Waals surface area contributed by atoms with Gasteiger partial charge < -0.3 is 10.0 Å². The van der Waals surface area contributed by atoms with E-state index in [1.807, 2.05) is 0 Å². The molecule has 0 aliphatic rings. The number of nitrogens with one attached hydrogen (secondary N) is 1. The topological polar surface area (TPSA) is 78.4 Å². The van der Waals surface area contributed by atoms with Crippen molar-refractivity contribution >= 4 is 45.7 Å². The van der Waals surface area contributed by atoms with E-state index in [0.717, 1.165) is 21.8 Å². The molecule has 2 N–H and O–H groups in total. The summed E-state index contributed by atoms with van der Waals surface area (Å²) in [7, 11) is 0. The van der Waals surface area contributed by atoms with Crippen molar-refractivity contribution in [2.24, 2.45) is 0 Å². The lowest BCUT2D eigenvalue weighted by Gasteiger charge is -2.24. The Morgan fingerprint density at radius 2 is 1.93 bits per heavy atom. The summed E-state index contributed by atoms with van der Waals surface area (Å²) in [5, 5.41) is 20.9. The highest BCUT2D eigenvalue weighted by Gasteiger charge is 2.39. The van der Waals surface area contributed by atoms with Gasteiger partial charge in [0.05, 0.1) is 6.54 Å². The largest absolute Gasteiger partial charge is 0.416 e. The Labute approximate surface area is 166 Å². The van der Waals surface area contributed by atoms with Gasteiger partial charge in [-0.1, -0.05) is 34.5 Å². The lowest BCUT2D eigenvalue weighted by atomic mass is 10.2. The number of carbonyl (C=O) groups excluding carboxylic acids is 1. The molecule has 2 rings (SSSR count). The average Bonchev–Trinajstić information content (AvgIpc) is 2.97. The number of amides is 2. The van der Waals surface area contributed by atoms with Crippen LogP contribution in [-0.4, -0.2) is 51.6 Å². The number of anilines is 1. The molecule has 1 heterocycles. The van der Waals surface area contributed by atoms with Gasteiger partial charge in [-0.3, -0.25) is 5.32 Å². The Hall–Kier alpha value is -1.62. The summed E-state index contributed by atoms with van der Waals surface area (Å²) in [6.45, 7) is 0.598. The van der Waals surface area contributed by atoms with Crippen molar-refractivity contribution in [1.29, 1.82) is 0 Å². The summed E-state index contributed by atoms with van der Waals surface area (Å²) in [4.78, 5) is 12.9. The second-order valence-electron chi connectivity index (χ2n) is 5.48. The van der Waals surface area contributed by atoms with Gasteiger partial charge in [0.1, 0.15) is 5.01 Å². The highest BCUT2D eigenvalue weighted by Crippen LogP contribution is 2.24. The van der Waals surface area contributed by atoms with Gasteiger partial charge in [-0.2, -0.15) is 13.2 Å². The van der Waals surface area contributed by atoms with Gasteiger partial charge in [0, 0.05) is 23.0 Å². The molecule has 0 aliphatic heterocycles. The van der Waals surface area contributed by atoms with Gasteiger partial charge in [-0.15, -0.1) is 10.2 Å². The predicted molar refractivity (Wildman–Crippen MR) is 97.5 cm³/mol. The number of carbonyl (C=O) groups is 1. The van der Waals surface area contributed by atoms with Gasteiger partial charge in [0.15, 0.2) is 6.10 Å². The number of nitrogens with zero attached hydrogens (tertiary/aromatic N) is 3. The average molecular weight is 443 g/mol. The first kappa shape index (κ1) is 21.7. The van der Waals surface area contributed by atoms with Gasteiger partial charge >= 0.3 is 12.2 Å². The number of rotatable bonds is 6. The molecule has 0 saturated carbocycles. The van der Waals surface area contributed by atoms with E-state index in [9.17, 15) is 18.0 Å². The van der Waals surface area contributed by atoms with Crippen molar-refractivity contribution in [3.8, 4) is 0 Å². The van der Waals surface area contributed by atoms with Crippen LogP contribution >= 0.6 is 34.5 Å². The fourth-order valence-corrected chi connectivity index (χ4v) is 3.44. The van der Waals surface area contributed by atoms with Crippen LogP contribution in [0.4, 0.5) is 23.1 Å². The van der Waals surface area contributed by atoms with E-state index >= 15 is 0 Å². The van der Waals surface area contributed by atoms with E-state index in [4.69, 9.17) is 28.3 Å². The van der Waals surface area contributed by atoms with Crippen LogP contribution < -0.4 is 5.32 Å². The minimum absolute atomic E-state index is 0.0222. The zero-order valence-electron chi connectivity index (χ0n) is 13.9. The second kappa shape index (κ2) is 9.05. The lowest BCUT2D eigenvalue weighted by Crippen LogP contribution is -2.45. The smallest absolute Gasteiger partial charge is 0.382 e. The number of hydrogen-bond acceptors (Lipinski definition) is 5. The third kappa shape index (κ3) is 6.49. The summed E-state index contributed by atoms with van der Waals surface area (Å²) in [5.41, 5.74) is 0.796. The molecule has 0 bridgehead atoms. The Morgan fingerprint density at radius 1 is 1.30 bits per heavy atom. The highest BCUT2D eigenvalue weighted by molar-refractivity contribution is 7.15. The fraction of sp³-hybridized carbons (Fsp3) is 0.400. The Morgan fingerprint density at radius 3 is 2.48 bits per heavy atom. The van der Waals surface area contributed by atoms with Gasteiger partial charge in [0.25, 0.3) is 0 Å². The first-order valence-corrected chi connectivity index (χ1v) is 9.23. The number of urea groups is 1. The maximum atomic E-state index is 12.5. The Balaban J connectivity index is 2.00. The Bertz CT molecular complexity index is 783. The molecule has 0 aliphatic carbocycles. The molecular formula is C15H15Cl2F3N4O2S. The van der Waals surface area contributed by atoms with Crippen molar-refractivity contribution in [3.63, 3.8) is 0 Å². The van der Waals surface area contributed by atoms with E-state index in [2.05, 4.69) is 15.5 Å². The highest BCUT2D eigenvalue weighted by atomic mass is 35.5. The van der Waals surface area contributed by atoms with E-state index in [1.165, 1.54) is 6.92 Å². The molecule has 148 valence electrons. The third-order valence-corrected chi connectivity index (χ3v) is 4.67. The van der Waals surface area contributed by atoms with Crippen LogP contribution in [0.25, 0.3) is 0 Å². The first-order valence-electron chi connectivity index (χ1n) is 7.66. The zero-order chi connectivity index (χ0) is 20.2. The van der Waals surface area contributed by atoms with Crippen LogP contribution in [0.2, 0.25) is 10.0 Å². The lowest BCUT2D eigenvalue weighted by molar-refractivity contribution is -0.206. The maximum absolute atomic E-state index is 12.5. The van der Waals surface area contributed by atoms with Gasteiger partial charge in [0.2, 0.25) is 5.13 Å². The Kier molecular flexibility index (Phi) is 7.26. The van der Waals surface area contributed by atoms with Crippen molar-refractivity contribution in [1.82, 2.24) is 15.1 Å². The normalized spacial score (nSPS) is 12.7. The first-order chi connectivity index (χ1) is 12.6. The minimum Gasteiger partial charge on any atom is -0.382 e. The molecule has 12 heteroatoms. The standard InChI is InChI=1S/C15H15Cl2F3N4O2S/c1-2-24(7-11(25)15(18,19)20)14(26)21-13-23-22-12(27-13)5-8-3-9(16)6-10(17)4-8/h3-4,6,11,25H,2,5,7H2,1H3,(H,21,23,26)/t11-/m1/s1. The molecular weight excluding hydrogens is 428 g/mol. The number of aliphatic hydroxyl groups excluding tert-OH is 1. The predicted octanol–water partition coefficient (Wildman–Crippen LogP) is 4.21. The van der Waals surface area contributed by atoms with Gasteiger partial charge in [-0.05, 0) is 30.7 Å². The van der Waals surface area contributed by atoms with E-state index in [0.29, 0.717) is 21.5 Å². The molecule has 0 unspecified atom stereocenters. The van der Waals surface area contributed by atoms with Crippen LogP contribution in [0.1, 0.15) is 17.5 Å². The summed E-state index contributed by atoms with van der Waals surface area (Å²) in [6.07, 6.45) is -7.05. The second-order valence-corrected chi connectivity index (χ2v) is 7.42. The van der Waals surface area contributed by atoms with Crippen LogP contribution in [0, 0.1) is 0 Å². The molecule has 6 nitrogen and oxygen atoms in total. The number of halogens is 5. The van der Waals surface area contributed by atoms with Crippen LogP contribution in [0.3, 0.4) is 0 Å². The van der Waals surface area contributed by atoms with Gasteiger partial charge in [-0.25, -0.2) is 4.79 Å². The summed E-state index contributed by atoms with van der Waals surface area (Å²) < 4.78 is 37.4. The third-order valence-electron chi connectivity index (χ3n) is 3.40. The molecule has 1 atom stereocenters. The summed E-state index contributed by atoms with van der Waals surface area (Å²) in [6, 6.07) is 4.20. The molecule has 1 aromatic heterocycles. The van der Waals surface area contributed by atoms with Crippen molar-refractivity contribution in [2.75, 3.05) is 18.4 Å². The number of aliphatic hydroxyl groups is 1. The van der Waals surface area contributed by atoms with E-state index < -0.39 is 24.9 Å². The van der Waals surface area contributed by atoms with Crippen molar-refractivity contribution in [3.05, 3.63) is 38.8 Å². The monoisotopic (exact) mass is 442 g/mol. The van der Waals surface area contributed by atoms with Crippen molar-refractivity contribution in [2.45, 2.75) is 25.6 Å². The summed E-state index contributed by atoms with van der Waals surface area (Å²) >= 11 is 12.9. The number of benzene rings is 1. The van der Waals surface area contributed by atoms with Crippen molar-refractivity contribution < 1.29 is 23.1 Å². The summed E-state index contributed by atoms with van der Waals surface area (Å²) in [5.74, 6) is 0. The van der Waals surface area contributed by atoms with Crippen LogP contribution in [0.5, 0.6) is 0 Å². The number of likely N-dealkylation sites (N-methyl/N-ethyl adjacent to an activating group) is 1. The zero-order valence-corrected chi connectivity index (χ0v) is 16.3. The van der Waals surface area contributed by atoms with Crippen LogP contribution in [-0.2, 0) is 6.42 Å². The quantitative estimate of drug-likeness (QED) is 0.701. The number of aromatic nitrogens is 2. The minimum atomic E-state index is -4.80.